The zero-order chi connectivity index (χ0) is 13.1. The number of halogens is 1. The highest BCUT2D eigenvalue weighted by molar-refractivity contribution is 5.88. The smallest absolute Gasteiger partial charge is 0.221 e. The van der Waals surface area contributed by atoms with Gasteiger partial charge in [-0.15, -0.1) is 12.4 Å². The Hall–Kier alpha value is -1.10. The minimum Gasteiger partial charge on any atom is -0.391 e. The molecule has 4 nitrogen and oxygen atoms in total. The number of anilines is 1. The van der Waals surface area contributed by atoms with Crippen molar-refractivity contribution in [3.63, 3.8) is 0 Å². The predicted molar refractivity (Wildman–Crippen MR) is 78.3 cm³/mol. The number of aliphatic hydroxyl groups is 1. The van der Waals surface area contributed by atoms with Crippen LogP contribution in [0.1, 0.15) is 37.8 Å². The molecule has 2 atom stereocenters. The van der Waals surface area contributed by atoms with Crippen LogP contribution in [-0.4, -0.2) is 17.1 Å². The summed E-state index contributed by atoms with van der Waals surface area (Å²) in [6.07, 6.45) is 2.86. The summed E-state index contributed by atoms with van der Waals surface area (Å²) < 4.78 is 0. The van der Waals surface area contributed by atoms with Crippen LogP contribution in [0, 0.1) is 5.92 Å². The van der Waals surface area contributed by atoms with Gasteiger partial charge in [0.2, 0.25) is 5.91 Å². The summed E-state index contributed by atoms with van der Waals surface area (Å²) in [6.45, 7) is 1.47. The summed E-state index contributed by atoms with van der Waals surface area (Å²) in [5.74, 6) is 0.247. The number of hydrogen-bond acceptors (Lipinski definition) is 3. The van der Waals surface area contributed by atoms with Crippen molar-refractivity contribution < 1.29 is 9.90 Å². The van der Waals surface area contributed by atoms with Gasteiger partial charge < -0.3 is 16.2 Å². The fourth-order valence-corrected chi connectivity index (χ4v) is 2.26. The number of nitrogens with one attached hydrogen (secondary N) is 1. The van der Waals surface area contributed by atoms with Crippen LogP contribution in [-0.2, 0) is 4.79 Å². The van der Waals surface area contributed by atoms with E-state index >= 15 is 0 Å². The summed E-state index contributed by atoms with van der Waals surface area (Å²) >= 11 is 0. The molecule has 0 saturated heterocycles. The average molecular weight is 285 g/mol. The summed E-state index contributed by atoms with van der Waals surface area (Å²) in [7, 11) is 0. The van der Waals surface area contributed by atoms with E-state index in [1.807, 2.05) is 24.3 Å². The Balaban J connectivity index is 0.00000180. The third-order valence-electron chi connectivity index (χ3n) is 3.62. The van der Waals surface area contributed by atoms with Gasteiger partial charge in [-0.25, -0.2) is 0 Å². The molecule has 4 N–H and O–H groups in total. The zero-order valence-electron chi connectivity index (χ0n) is 11.0. The molecule has 1 amide bonds. The van der Waals surface area contributed by atoms with Gasteiger partial charge in [-0.2, -0.15) is 0 Å². The Morgan fingerprint density at radius 3 is 2.37 bits per heavy atom. The molecule has 19 heavy (non-hydrogen) atoms. The van der Waals surface area contributed by atoms with Gasteiger partial charge in [0.1, 0.15) is 0 Å². The van der Waals surface area contributed by atoms with Crippen LogP contribution in [0.5, 0.6) is 0 Å². The van der Waals surface area contributed by atoms with E-state index in [9.17, 15) is 9.90 Å². The first-order valence-electron chi connectivity index (χ1n) is 6.39. The van der Waals surface area contributed by atoms with E-state index in [2.05, 4.69) is 5.32 Å². The molecule has 0 unspecified atom stereocenters. The first-order chi connectivity index (χ1) is 8.58. The van der Waals surface area contributed by atoms with Gasteiger partial charge in [-0.05, 0) is 36.5 Å². The van der Waals surface area contributed by atoms with Crippen LogP contribution in [0.4, 0.5) is 5.69 Å². The number of carbonyl (C=O) groups excluding carboxylic acids is 1. The second-order valence-corrected chi connectivity index (χ2v) is 5.01. The van der Waals surface area contributed by atoms with E-state index < -0.39 is 6.10 Å². The largest absolute Gasteiger partial charge is 0.391 e. The lowest BCUT2D eigenvalue weighted by Gasteiger charge is -2.33. The van der Waals surface area contributed by atoms with Crippen molar-refractivity contribution in [3.05, 3.63) is 29.8 Å². The van der Waals surface area contributed by atoms with Gasteiger partial charge in [0.15, 0.2) is 0 Å². The SMILES string of the molecule is CC(=O)Nc1ccc([C@@H](N)[C@@H](O)C2CCC2)cc1.Cl. The highest BCUT2D eigenvalue weighted by Gasteiger charge is 2.30. The minimum absolute atomic E-state index is 0. The van der Waals surface area contributed by atoms with Crippen LogP contribution in [0.15, 0.2) is 24.3 Å². The minimum atomic E-state index is -0.467. The summed E-state index contributed by atoms with van der Waals surface area (Å²) in [6, 6.07) is 6.99. The molecule has 1 saturated carbocycles. The predicted octanol–water partition coefficient (Wildman–Crippen LogP) is 2.23. The van der Waals surface area contributed by atoms with E-state index in [0.29, 0.717) is 5.92 Å². The second kappa shape index (κ2) is 6.89. The normalized spacial score (nSPS) is 17.8. The molecule has 5 heteroatoms. The lowest BCUT2D eigenvalue weighted by molar-refractivity contribution is -0.114. The Labute approximate surface area is 119 Å². The van der Waals surface area contributed by atoms with E-state index in [0.717, 1.165) is 24.1 Å². The van der Waals surface area contributed by atoms with Crippen molar-refractivity contribution >= 4 is 24.0 Å². The second-order valence-electron chi connectivity index (χ2n) is 5.01. The van der Waals surface area contributed by atoms with Gasteiger partial charge in [0.05, 0.1) is 12.1 Å². The van der Waals surface area contributed by atoms with Crippen LogP contribution in [0.2, 0.25) is 0 Å². The molecule has 1 aliphatic carbocycles. The van der Waals surface area contributed by atoms with E-state index in [1.54, 1.807) is 0 Å². The maximum atomic E-state index is 10.9. The summed E-state index contributed by atoms with van der Waals surface area (Å²) in [4.78, 5) is 10.9. The molecular weight excluding hydrogens is 264 g/mol. The highest BCUT2D eigenvalue weighted by Crippen LogP contribution is 2.34. The number of rotatable bonds is 4. The van der Waals surface area contributed by atoms with Crippen molar-refractivity contribution in [1.29, 1.82) is 0 Å². The quantitative estimate of drug-likeness (QED) is 0.794. The highest BCUT2D eigenvalue weighted by atomic mass is 35.5. The van der Waals surface area contributed by atoms with Gasteiger partial charge in [0, 0.05) is 12.6 Å². The molecule has 0 spiro atoms. The van der Waals surface area contributed by atoms with Crippen LogP contribution < -0.4 is 11.1 Å². The Kier molecular flexibility index (Phi) is 5.79. The van der Waals surface area contributed by atoms with E-state index in [4.69, 9.17) is 5.73 Å². The van der Waals surface area contributed by atoms with Gasteiger partial charge in [0.25, 0.3) is 0 Å². The Morgan fingerprint density at radius 1 is 1.37 bits per heavy atom. The van der Waals surface area contributed by atoms with Crippen LogP contribution >= 0.6 is 12.4 Å². The summed E-state index contributed by atoms with van der Waals surface area (Å²) in [5.41, 5.74) is 7.72. The molecule has 0 radical (unpaired) electrons. The Morgan fingerprint density at radius 2 is 1.95 bits per heavy atom. The van der Waals surface area contributed by atoms with Crippen LogP contribution in [0.25, 0.3) is 0 Å². The van der Waals surface area contributed by atoms with Crippen molar-refractivity contribution in [1.82, 2.24) is 0 Å². The average Bonchev–Trinajstić information content (AvgIpc) is 2.26. The fraction of sp³-hybridized carbons (Fsp3) is 0.500. The topological polar surface area (TPSA) is 75.4 Å². The molecule has 0 aromatic heterocycles. The lowest BCUT2D eigenvalue weighted by Crippen LogP contribution is -2.36. The third-order valence-corrected chi connectivity index (χ3v) is 3.62. The maximum Gasteiger partial charge on any atom is 0.221 e. The molecule has 2 rings (SSSR count). The molecule has 1 aromatic carbocycles. The third kappa shape index (κ3) is 3.93. The number of nitrogens with two attached hydrogens (primary N) is 1. The number of carbonyl (C=O) groups is 1. The zero-order valence-corrected chi connectivity index (χ0v) is 11.8. The number of aliphatic hydroxyl groups excluding tert-OH is 1. The molecule has 1 aromatic rings. The van der Waals surface area contributed by atoms with E-state index in [-0.39, 0.29) is 24.4 Å². The molecular formula is C14H21ClN2O2. The standard InChI is InChI=1S/C14H20N2O2.ClH/c1-9(17)16-12-7-5-10(6-8-12)13(15)14(18)11-3-2-4-11;/h5-8,11,13-14,18H,2-4,15H2,1H3,(H,16,17);1H/t13-,14+;/m1./s1. The molecule has 0 heterocycles. The number of hydrogen-bond donors (Lipinski definition) is 3. The summed E-state index contributed by atoms with van der Waals surface area (Å²) in [5, 5.41) is 12.8. The van der Waals surface area contributed by atoms with Crippen molar-refractivity contribution in [3.8, 4) is 0 Å². The van der Waals surface area contributed by atoms with Gasteiger partial charge in [-0.1, -0.05) is 18.6 Å². The van der Waals surface area contributed by atoms with Crippen molar-refractivity contribution in [2.24, 2.45) is 11.7 Å². The van der Waals surface area contributed by atoms with Crippen molar-refractivity contribution in [2.75, 3.05) is 5.32 Å². The van der Waals surface area contributed by atoms with Gasteiger partial charge in [-0.3, -0.25) is 4.79 Å². The van der Waals surface area contributed by atoms with E-state index in [1.165, 1.54) is 13.3 Å². The fourth-order valence-electron chi connectivity index (χ4n) is 2.26. The number of benzene rings is 1. The lowest BCUT2D eigenvalue weighted by atomic mass is 9.77. The first-order valence-corrected chi connectivity index (χ1v) is 6.39. The Bertz CT molecular complexity index is 418. The monoisotopic (exact) mass is 284 g/mol. The molecule has 106 valence electrons. The number of amides is 1. The first kappa shape index (κ1) is 16.0. The molecule has 0 aliphatic heterocycles. The molecule has 0 bridgehead atoms. The van der Waals surface area contributed by atoms with Crippen LogP contribution in [0.3, 0.4) is 0 Å². The van der Waals surface area contributed by atoms with Gasteiger partial charge >= 0.3 is 0 Å². The maximum absolute atomic E-state index is 10.9. The molecule has 1 aliphatic rings. The van der Waals surface area contributed by atoms with Crippen molar-refractivity contribution in [2.45, 2.75) is 38.3 Å². The molecule has 1 fully saturated rings.